The van der Waals surface area contributed by atoms with E-state index in [0.29, 0.717) is 10.6 Å². The number of hydrogen-bond donors (Lipinski definition) is 1. The Labute approximate surface area is 124 Å². The Morgan fingerprint density at radius 3 is 2.45 bits per heavy atom. The molecular formula is C15H8Cl2O3. The molecule has 0 atom stereocenters. The van der Waals surface area contributed by atoms with Gasteiger partial charge in [0.25, 0.3) is 0 Å². The standard InChI is InChI=1S/C15H8Cl2O3/c16-9-6-10-12(18)13(19)14(8-4-2-1-3-5-8)20-15(10)11(17)7-9/h1-7,19H. The molecule has 1 N–H and O–H groups in total. The van der Waals surface area contributed by atoms with E-state index in [0.717, 1.165) is 0 Å². The van der Waals surface area contributed by atoms with Crippen LogP contribution in [-0.2, 0) is 0 Å². The van der Waals surface area contributed by atoms with Gasteiger partial charge in [-0.15, -0.1) is 0 Å². The molecule has 0 radical (unpaired) electrons. The highest BCUT2D eigenvalue weighted by Crippen LogP contribution is 2.34. The number of halogens is 2. The highest BCUT2D eigenvalue weighted by molar-refractivity contribution is 6.38. The van der Waals surface area contributed by atoms with Crippen molar-refractivity contribution in [3.05, 3.63) is 62.7 Å². The zero-order valence-electron chi connectivity index (χ0n) is 10.1. The summed E-state index contributed by atoms with van der Waals surface area (Å²) in [7, 11) is 0. The third kappa shape index (κ3) is 2.05. The summed E-state index contributed by atoms with van der Waals surface area (Å²) in [5.74, 6) is -0.366. The van der Waals surface area contributed by atoms with Gasteiger partial charge >= 0.3 is 0 Å². The normalized spacial score (nSPS) is 10.9. The van der Waals surface area contributed by atoms with Crippen molar-refractivity contribution < 1.29 is 9.52 Å². The summed E-state index contributed by atoms with van der Waals surface area (Å²) in [5.41, 5.74) is 0.238. The van der Waals surface area contributed by atoms with E-state index in [1.165, 1.54) is 12.1 Å². The second-order valence-electron chi connectivity index (χ2n) is 4.24. The molecule has 0 bridgehead atoms. The highest BCUT2D eigenvalue weighted by atomic mass is 35.5. The number of benzene rings is 2. The SMILES string of the molecule is O=c1c(O)c(-c2ccccc2)oc2c(Cl)cc(Cl)cc12. The molecule has 5 heteroatoms. The second kappa shape index (κ2) is 4.85. The van der Waals surface area contributed by atoms with E-state index in [2.05, 4.69) is 0 Å². The number of hydrogen-bond acceptors (Lipinski definition) is 3. The number of fused-ring (bicyclic) bond motifs is 1. The molecule has 0 amide bonds. The van der Waals surface area contributed by atoms with Gasteiger partial charge in [-0.05, 0) is 12.1 Å². The molecule has 0 fully saturated rings. The second-order valence-corrected chi connectivity index (χ2v) is 5.08. The van der Waals surface area contributed by atoms with E-state index in [1.54, 1.807) is 24.3 Å². The molecule has 3 aromatic rings. The van der Waals surface area contributed by atoms with Crippen molar-refractivity contribution in [3.63, 3.8) is 0 Å². The summed E-state index contributed by atoms with van der Waals surface area (Å²) >= 11 is 11.9. The molecular weight excluding hydrogens is 299 g/mol. The summed E-state index contributed by atoms with van der Waals surface area (Å²) in [5, 5.41) is 10.7. The van der Waals surface area contributed by atoms with Crippen molar-refractivity contribution in [3.8, 4) is 17.1 Å². The molecule has 0 spiro atoms. The van der Waals surface area contributed by atoms with Crippen molar-refractivity contribution in [1.29, 1.82) is 0 Å². The van der Waals surface area contributed by atoms with Gasteiger partial charge in [-0.25, -0.2) is 0 Å². The predicted octanol–water partition coefficient (Wildman–Crippen LogP) is 4.47. The van der Waals surface area contributed by atoms with Crippen LogP contribution in [0.1, 0.15) is 0 Å². The fourth-order valence-electron chi connectivity index (χ4n) is 2.00. The minimum Gasteiger partial charge on any atom is -0.502 e. The Morgan fingerprint density at radius 2 is 1.75 bits per heavy atom. The van der Waals surface area contributed by atoms with Crippen molar-refractivity contribution in [2.24, 2.45) is 0 Å². The smallest absolute Gasteiger partial charge is 0.235 e. The molecule has 20 heavy (non-hydrogen) atoms. The van der Waals surface area contributed by atoms with Crippen molar-refractivity contribution in [1.82, 2.24) is 0 Å². The Bertz CT molecular complexity index is 854. The van der Waals surface area contributed by atoms with E-state index in [4.69, 9.17) is 27.6 Å². The van der Waals surface area contributed by atoms with E-state index in [1.807, 2.05) is 6.07 Å². The third-order valence-corrected chi connectivity index (χ3v) is 3.42. The van der Waals surface area contributed by atoms with E-state index in [9.17, 15) is 9.90 Å². The van der Waals surface area contributed by atoms with Crippen LogP contribution in [0.3, 0.4) is 0 Å². The van der Waals surface area contributed by atoms with Crippen molar-refractivity contribution in [2.45, 2.75) is 0 Å². The molecule has 0 aliphatic heterocycles. The average Bonchev–Trinajstić information content (AvgIpc) is 2.44. The third-order valence-electron chi connectivity index (χ3n) is 2.92. The van der Waals surface area contributed by atoms with Gasteiger partial charge in [0.15, 0.2) is 11.3 Å². The Kier molecular flexibility index (Phi) is 3.16. The van der Waals surface area contributed by atoms with Gasteiger partial charge in [0, 0.05) is 10.6 Å². The molecule has 1 heterocycles. The van der Waals surface area contributed by atoms with Gasteiger partial charge in [0.2, 0.25) is 11.2 Å². The summed E-state index contributed by atoms with van der Waals surface area (Å²) in [6.07, 6.45) is 0. The van der Waals surface area contributed by atoms with E-state index in [-0.39, 0.29) is 21.8 Å². The lowest BCUT2D eigenvalue weighted by molar-refractivity contribution is 0.449. The van der Waals surface area contributed by atoms with Gasteiger partial charge < -0.3 is 9.52 Å². The molecule has 0 saturated carbocycles. The maximum atomic E-state index is 12.2. The first kappa shape index (κ1) is 13.0. The van der Waals surface area contributed by atoms with Gasteiger partial charge in [0.05, 0.1) is 10.4 Å². The van der Waals surface area contributed by atoms with Crippen LogP contribution in [0.2, 0.25) is 10.0 Å². The van der Waals surface area contributed by atoms with Crippen LogP contribution < -0.4 is 5.43 Å². The Balaban J connectivity index is 2.42. The van der Waals surface area contributed by atoms with E-state index < -0.39 is 11.2 Å². The lowest BCUT2D eigenvalue weighted by atomic mass is 10.1. The summed E-state index contributed by atoms with van der Waals surface area (Å²) in [4.78, 5) is 12.2. The summed E-state index contributed by atoms with van der Waals surface area (Å²) in [6, 6.07) is 11.8. The van der Waals surface area contributed by atoms with Crippen LogP contribution in [0.4, 0.5) is 0 Å². The van der Waals surface area contributed by atoms with Crippen LogP contribution in [0, 0.1) is 0 Å². The summed E-state index contributed by atoms with van der Waals surface area (Å²) in [6.45, 7) is 0. The molecule has 2 aromatic carbocycles. The summed E-state index contributed by atoms with van der Waals surface area (Å²) < 4.78 is 5.60. The van der Waals surface area contributed by atoms with Gasteiger partial charge in [-0.3, -0.25) is 4.79 Å². The molecule has 0 aliphatic rings. The zero-order valence-corrected chi connectivity index (χ0v) is 11.6. The minimum absolute atomic E-state index is 0.0901. The molecule has 0 aliphatic carbocycles. The van der Waals surface area contributed by atoms with Crippen molar-refractivity contribution >= 4 is 34.2 Å². The maximum absolute atomic E-state index is 12.2. The van der Waals surface area contributed by atoms with Crippen molar-refractivity contribution in [2.75, 3.05) is 0 Å². The van der Waals surface area contributed by atoms with Crippen LogP contribution in [0.5, 0.6) is 5.75 Å². The molecule has 0 unspecified atom stereocenters. The maximum Gasteiger partial charge on any atom is 0.235 e. The number of rotatable bonds is 1. The van der Waals surface area contributed by atoms with Gasteiger partial charge in [0.1, 0.15) is 0 Å². The lowest BCUT2D eigenvalue weighted by Crippen LogP contribution is -2.02. The highest BCUT2D eigenvalue weighted by Gasteiger charge is 2.17. The first-order valence-electron chi connectivity index (χ1n) is 5.78. The average molecular weight is 307 g/mol. The first-order valence-corrected chi connectivity index (χ1v) is 6.54. The zero-order chi connectivity index (χ0) is 14.3. The lowest BCUT2D eigenvalue weighted by Gasteiger charge is -2.07. The molecule has 0 saturated heterocycles. The van der Waals surface area contributed by atoms with Crippen LogP contribution >= 0.6 is 23.2 Å². The van der Waals surface area contributed by atoms with Crippen LogP contribution in [0.15, 0.2) is 51.7 Å². The predicted molar refractivity (Wildman–Crippen MR) is 79.6 cm³/mol. The van der Waals surface area contributed by atoms with E-state index >= 15 is 0 Å². The van der Waals surface area contributed by atoms with Crippen LogP contribution in [-0.4, -0.2) is 5.11 Å². The topological polar surface area (TPSA) is 50.4 Å². The Hall–Kier alpha value is -1.97. The van der Waals surface area contributed by atoms with Gasteiger partial charge in [-0.2, -0.15) is 0 Å². The molecule has 100 valence electrons. The molecule has 3 rings (SSSR count). The number of aromatic hydroxyl groups is 1. The minimum atomic E-state index is -0.561. The fourth-order valence-corrected chi connectivity index (χ4v) is 2.53. The first-order chi connectivity index (χ1) is 9.58. The fraction of sp³-hybridized carbons (Fsp3) is 0. The Morgan fingerprint density at radius 1 is 1.05 bits per heavy atom. The molecule has 3 nitrogen and oxygen atoms in total. The largest absolute Gasteiger partial charge is 0.502 e. The van der Waals surface area contributed by atoms with Gasteiger partial charge in [-0.1, -0.05) is 53.5 Å². The quantitative estimate of drug-likeness (QED) is 0.721. The monoisotopic (exact) mass is 306 g/mol. The molecule has 1 aromatic heterocycles. The van der Waals surface area contributed by atoms with Crippen LogP contribution in [0.25, 0.3) is 22.3 Å².